The van der Waals surface area contributed by atoms with E-state index in [2.05, 4.69) is 5.32 Å². The van der Waals surface area contributed by atoms with Crippen molar-refractivity contribution < 1.29 is 14.3 Å². The Bertz CT molecular complexity index is 1060. The number of nitrogens with zero attached hydrogens (tertiary/aromatic N) is 1. The van der Waals surface area contributed by atoms with E-state index in [1.807, 2.05) is 48.5 Å². The van der Waals surface area contributed by atoms with Crippen LogP contribution in [0.5, 0.6) is 11.5 Å². The van der Waals surface area contributed by atoms with Crippen molar-refractivity contribution in [2.75, 3.05) is 19.5 Å². The van der Waals surface area contributed by atoms with E-state index in [-0.39, 0.29) is 5.57 Å². The number of nitriles is 1. The molecule has 3 rings (SSSR count). The molecule has 0 unspecified atom stereocenters. The summed E-state index contributed by atoms with van der Waals surface area (Å²) in [4.78, 5) is 12.6. The van der Waals surface area contributed by atoms with Crippen LogP contribution in [0, 0.1) is 11.3 Å². The van der Waals surface area contributed by atoms with Crippen LogP contribution in [0.1, 0.15) is 5.56 Å². The topological polar surface area (TPSA) is 71.3 Å². The first-order valence-electron chi connectivity index (χ1n) is 8.29. The maximum Gasteiger partial charge on any atom is 0.266 e. The van der Waals surface area contributed by atoms with Crippen LogP contribution in [0.2, 0.25) is 0 Å². The molecule has 0 aromatic heterocycles. The third kappa shape index (κ3) is 3.91. The number of carbonyl (C=O) groups is 1. The lowest BCUT2D eigenvalue weighted by Crippen LogP contribution is -2.13. The summed E-state index contributed by atoms with van der Waals surface area (Å²) >= 11 is 0. The van der Waals surface area contributed by atoms with Gasteiger partial charge in [0.2, 0.25) is 0 Å². The lowest BCUT2D eigenvalue weighted by Gasteiger charge is -2.09. The minimum atomic E-state index is -0.469. The van der Waals surface area contributed by atoms with Crippen LogP contribution in [0.4, 0.5) is 5.69 Å². The van der Waals surface area contributed by atoms with E-state index in [1.54, 1.807) is 25.3 Å². The molecule has 0 aliphatic heterocycles. The fourth-order valence-corrected chi connectivity index (χ4v) is 2.78. The molecule has 3 aromatic rings. The Kier molecular flexibility index (Phi) is 5.38. The van der Waals surface area contributed by atoms with E-state index >= 15 is 0 Å². The number of anilines is 1. The number of fused-ring (bicyclic) bond motifs is 1. The van der Waals surface area contributed by atoms with Gasteiger partial charge in [-0.25, -0.2) is 0 Å². The molecule has 0 spiro atoms. The lowest BCUT2D eigenvalue weighted by molar-refractivity contribution is -0.112. The Morgan fingerprint density at radius 1 is 1.00 bits per heavy atom. The van der Waals surface area contributed by atoms with Gasteiger partial charge in [-0.15, -0.1) is 0 Å². The molecule has 0 atom stereocenters. The van der Waals surface area contributed by atoms with E-state index in [0.29, 0.717) is 22.7 Å². The van der Waals surface area contributed by atoms with E-state index in [0.717, 1.165) is 10.8 Å². The third-order valence-electron chi connectivity index (χ3n) is 4.12. The summed E-state index contributed by atoms with van der Waals surface area (Å²) in [6.07, 6.45) is 1.52. The molecule has 27 heavy (non-hydrogen) atoms. The van der Waals surface area contributed by atoms with E-state index in [4.69, 9.17) is 9.47 Å². The zero-order valence-electron chi connectivity index (χ0n) is 15.0. The molecule has 1 amide bonds. The highest BCUT2D eigenvalue weighted by Crippen LogP contribution is 2.29. The Labute approximate surface area is 157 Å². The Hall–Kier alpha value is -3.78. The molecular formula is C22H18N2O3. The van der Waals surface area contributed by atoms with Gasteiger partial charge in [-0.1, -0.05) is 42.5 Å². The number of amides is 1. The van der Waals surface area contributed by atoms with Gasteiger partial charge in [0.05, 0.1) is 14.2 Å². The summed E-state index contributed by atoms with van der Waals surface area (Å²) in [7, 11) is 3.08. The molecule has 5 heteroatoms. The number of ether oxygens (including phenoxy) is 2. The molecule has 1 N–H and O–H groups in total. The number of hydrogen-bond acceptors (Lipinski definition) is 4. The normalized spacial score (nSPS) is 10.9. The van der Waals surface area contributed by atoms with E-state index in [9.17, 15) is 10.1 Å². The SMILES string of the molecule is COc1ccc(/C=C(\C#N)C(=O)Nc2cccc3ccccc23)cc1OC. The standard InChI is InChI=1S/C22H18N2O3/c1-26-20-11-10-15(13-21(20)27-2)12-17(14-23)22(25)24-19-9-5-7-16-6-3-4-8-18(16)19/h3-13H,1-2H3,(H,24,25)/b17-12+. The van der Waals surface area contributed by atoms with Crippen molar-refractivity contribution in [3.8, 4) is 17.6 Å². The minimum absolute atomic E-state index is 0.00449. The Morgan fingerprint density at radius 3 is 2.48 bits per heavy atom. The summed E-state index contributed by atoms with van der Waals surface area (Å²) in [5.74, 6) is 0.634. The van der Waals surface area contributed by atoms with Crippen LogP contribution >= 0.6 is 0 Å². The molecule has 0 saturated carbocycles. The van der Waals surface area contributed by atoms with Crippen molar-refractivity contribution in [3.63, 3.8) is 0 Å². The summed E-state index contributed by atoms with van der Waals surface area (Å²) in [5.41, 5.74) is 1.32. The van der Waals surface area contributed by atoms with Crippen molar-refractivity contribution in [3.05, 3.63) is 71.8 Å². The van der Waals surface area contributed by atoms with Crippen LogP contribution in [-0.4, -0.2) is 20.1 Å². The van der Waals surface area contributed by atoms with Crippen molar-refractivity contribution in [1.82, 2.24) is 0 Å². The second-order valence-electron chi connectivity index (χ2n) is 5.77. The van der Waals surface area contributed by atoms with Gasteiger partial charge in [-0.05, 0) is 35.2 Å². The molecule has 0 aliphatic rings. The predicted octanol–water partition coefficient (Wildman–Crippen LogP) is 4.40. The van der Waals surface area contributed by atoms with Gasteiger partial charge < -0.3 is 14.8 Å². The van der Waals surface area contributed by atoms with Gasteiger partial charge in [-0.2, -0.15) is 5.26 Å². The molecule has 0 radical (unpaired) electrons. The largest absolute Gasteiger partial charge is 0.493 e. The minimum Gasteiger partial charge on any atom is -0.493 e. The number of benzene rings is 3. The van der Waals surface area contributed by atoms with Crippen molar-refractivity contribution in [2.24, 2.45) is 0 Å². The van der Waals surface area contributed by atoms with Crippen molar-refractivity contribution >= 4 is 28.4 Å². The van der Waals surface area contributed by atoms with Gasteiger partial charge in [0.15, 0.2) is 11.5 Å². The van der Waals surface area contributed by atoms with Crippen LogP contribution < -0.4 is 14.8 Å². The van der Waals surface area contributed by atoms with Crippen LogP contribution in [0.15, 0.2) is 66.2 Å². The van der Waals surface area contributed by atoms with Gasteiger partial charge in [-0.3, -0.25) is 4.79 Å². The maximum absolute atomic E-state index is 12.6. The second-order valence-corrected chi connectivity index (χ2v) is 5.77. The van der Waals surface area contributed by atoms with Gasteiger partial charge in [0.1, 0.15) is 11.6 Å². The smallest absolute Gasteiger partial charge is 0.266 e. The highest BCUT2D eigenvalue weighted by Gasteiger charge is 2.12. The first-order chi connectivity index (χ1) is 13.2. The number of methoxy groups -OCH3 is 2. The van der Waals surface area contributed by atoms with Crippen LogP contribution in [0.3, 0.4) is 0 Å². The molecule has 0 saturated heterocycles. The van der Waals surface area contributed by atoms with Gasteiger partial charge >= 0.3 is 0 Å². The van der Waals surface area contributed by atoms with E-state index < -0.39 is 5.91 Å². The number of carbonyl (C=O) groups excluding carboxylic acids is 1. The predicted molar refractivity (Wildman–Crippen MR) is 106 cm³/mol. The van der Waals surface area contributed by atoms with Crippen LogP contribution in [-0.2, 0) is 4.79 Å². The van der Waals surface area contributed by atoms with Crippen LogP contribution in [0.25, 0.3) is 16.8 Å². The summed E-state index contributed by atoms with van der Waals surface area (Å²) < 4.78 is 10.5. The monoisotopic (exact) mass is 358 g/mol. The number of nitrogens with one attached hydrogen (secondary N) is 1. The maximum atomic E-state index is 12.6. The fourth-order valence-electron chi connectivity index (χ4n) is 2.78. The third-order valence-corrected chi connectivity index (χ3v) is 4.12. The zero-order chi connectivity index (χ0) is 19.2. The number of hydrogen-bond donors (Lipinski definition) is 1. The summed E-state index contributed by atoms with van der Waals surface area (Å²) in [6.45, 7) is 0. The molecule has 3 aromatic carbocycles. The highest BCUT2D eigenvalue weighted by atomic mass is 16.5. The Morgan fingerprint density at radius 2 is 1.74 bits per heavy atom. The Balaban J connectivity index is 1.90. The summed E-state index contributed by atoms with van der Waals surface area (Å²) in [6, 6.07) is 20.5. The second kappa shape index (κ2) is 8.07. The van der Waals surface area contributed by atoms with Gasteiger partial charge in [0.25, 0.3) is 5.91 Å². The molecular weight excluding hydrogens is 340 g/mol. The first kappa shape index (κ1) is 18.0. The summed E-state index contributed by atoms with van der Waals surface area (Å²) in [5, 5.41) is 14.2. The van der Waals surface area contributed by atoms with Gasteiger partial charge in [0, 0.05) is 11.1 Å². The molecule has 0 heterocycles. The average Bonchev–Trinajstić information content (AvgIpc) is 2.72. The first-order valence-corrected chi connectivity index (χ1v) is 8.29. The van der Waals surface area contributed by atoms with Crippen molar-refractivity contribution in [2.45, 2.75) is 0 Å². The highest BCUT2D eigenvalue weighted by molar-refractivity contribution is 6.12. The van der Waals surface area contributed by atoms with Crippen molar-refractivity contribution in [1.29, 1.82) is 5.26 Å². The molecule has 5 nitrogen and oxygen atoms in total. The average molecular weight is 358 g/mol. The quantitative estimate of drug-likeness (QED) is 0.542. The lowest BCUT2D eigenvalue weighted by atomic mass is 10.1. The molecule has 0 aliphatic carbocycles. The molecule has 0 bridgehead atoms. The molecule has 134 valence electrons. The fraction of sp³-hybridized carbons (Fsp3) is 0.0909. The van der Waals surface area contributed by atoms with E-state index in [1.165, 1.54) is 13.2 Å². The zero-order valence-corrected chi connectivity index (χ0v) is 15.0. The molecule has 0 fully saturated rings. The number of rotatable bonds is 5.